The zero-order valence-corrected chi connectivity index (χ0v) is 13.9. The van der Waals surface area contributed by atoms with Crippen molar-refractivity contribution in [3.8, 4) is 6.07 Å². The molecule has 0 aromatic carbocycles. The van der Waals surface area contributed by atoms with Crippen LogP contribution in [-0.4, -0.2) is 33.6 Å². The van der Waals surface area contributed by atoms with Gasteiger partial charge in [0.2, 0.25) is 5.91 Å². The van der Waals surface area contributed by atoms with Crippen LogP contribution >= 0.6 is 0 Å². The number of fused-ring (bicyclic) bond motifs is 1. The highest BCUT2D eigenvalue weighted by molar-refractivity contribution is 5.81. The largest absolute Gasteiger partial charge is 0.390 e. The number of rotatable bonds is 2. The first-order chi connectivity index (χ1) is 10.9. The van der Waals surface area contributed by atoms with Crippen molar-refractivity contribution < 1.29 is 9.90 Å². The van der Waals surface area contributed by atoms with Crippen LogP contribution in [0.2, 0.25) is 0 Å². The summed E-state index contributed by atoms with van der Waals surface area (Å²) in [5.41, 5.74) is -0.525. The van der Waals surface area contributed by atoms with Gasteiger partial charge in [-0.15, -0.1) is 0 Å². The molecule has 5 saturated carbocycles. The average molecular weight is 314 g/mol. The fraction of sp³-hybridized carbons (Fsp3) is 0.895. The van der Waals surface area contributed by atoms with Crippen molar-refractivity contribution in [2.45, 2.75) is 76.0 Å². The van der Waals surface area contributed by atoms with Crippen LogP contribution < -0.4 is 0 Å². The SMILES string of the molecule is CC(C(=O)N1C(C#N)CC2CC21)C12CC3C[C@@H](CC(O)(C3)C1)C2. The Kier molecular flexibility index (Phi) is 2.67. The molecule has 1 aliphatic heterocycles. The van der Waals surface area contributed by atoms with E-state index in [1.165, 1.54) is 6.42 Å². The van der Waals surface area contributed by atoms with E-state index in [9.17, 15) is 15.2 Å². The quantitative estimate of drug-likeness (QED) is 0.851. The smallest absolute Gasteiger partial charge is 0.227 e. The summed E-state index contributed by atoms with van der Waals surface area (Å²) in [6, 6.07) is 2.48. The number of aliphatic hydroxyl groups is 1. The Morgan fingerprint density at radius 2 is 1.91 bits per heavy atom. The second-order valence-electron chi connectivity index (χ2n) is 9.46. The maximum Gasteiger partial charge on any atom is 0.227 e. The number of piperidine rings is 1. The molecule has 4 heteroatoms. The molecular formula is C19H26N2O2. The van der Waals surface area contributed by atoms with Gasteiger partial charge in [-0.25, -0.2) is 0 Å². The van der Waals surface area contributed by atoms with Gasteiger partial charge < -0.3 is 10.0 Å². The fourth-order valence-corrected chi connectivity index (χ4v) is 7.17. The van der Waals surface area contributed by atoms with Crippen molar-refractivity contribution >= 4 is 5.91 Å². The van der Waals surface area contributed by atoms with Gasteiger partial charge in [0.15, 0.2) is 0 Å². The number of nitriles is 1. The lowest BCUT2D eigenvalue weighted by atomic mass is 9.45. The van der Waals surface area contributed by atoms with Gasteiger partial charge in [0.25, 0.3) is 0 Å². The van der Waals surface area contributed by atoms with Crippen molar-refractivity contribution in [3.05, 3.63) is 0 Å². The molecule has 124 valence electrons. The molecule has 0 aromatic rings. The minimum Gasteiger partial charge on any atom is -0.390 e. The molecule has 6 fully saturated rings. The maximum atomic E-state index is 13.3. The van der Waals surface area contributed by atoms with Gasteiger partial charge in [-0.2, -0.15) is 5.26 Å². The second kappa shape index (κ2) is 4.30. The molecule has 8 atom stereocenters. The Morgan fingerprint density at radius 3 is 2.52 bits per heavy atom. The molecular weight excluding hydrogens is 288 g/mol. The molecule has 0 radical (unpaired) electrons. The van der Waals surface area contributed by atoms with Crippen molar-refractivity contribution in [2.24, 2.45) is 29.1 Å². The molecule has 23 heavy (non-hydrogen) atoms. The number of nitrogens with zero attached hydrogens (tertiary/aromatic N) is 2. The zero-order chi connectivity index (χ0) is 16.0. The molecule has 0 spiro atoms. The summed E-state index contributed by atoms with van der Waals surface area (Å²) in [6.45, 7) is 2.09. The molecule has 4 bridgehead atoms. The van der Waals surface area contributed by atoms with Crippen LogP contribution in [0.25, 0.3) is 0 Å². The molecule has 7 unspecified atom stereocenters. The number of carbonyl (C=O) groups excluding carboxylic acids is 1. The van der Waals surface area contributed by atoms with E-state index in [0.717, 1.165) is 44.9 Å². The van der Waals surface area contributed by atoms with E-state index in [0.29, 0.717) is 23.8 Å². The Morgan fingerprint density at radius 1 is 1.22 bits per heavy atom. The Balaban J connectivity index is 1.43. The number of amides is 1. The lowest BCUT2D eigenvalue weighted by Gasteiger charge is -2.62. The van der Waals surface area contributed by atoms with Crippen LogP contribution in [-0.2, 0) is 4.79 Å². The van der Waals surface area contributed by atoms with Crippen molar-refractivity contribution in [1.82, 2.24) is 4.90 Å². The number of likely N-dealkylation sites (tertiary alicyclic amines) is 1. The number of hydrogen-bond donors (Lipinski definition) is 1. The first-order valence-electron chi connectivity index (χ1n) is 9.37. The van der Waals surface area contributed by atoms with Gasteiger partial charge in [-0.05, 0) is 74.5 Å². The first-order valence-corrected chi connectivity index (χ1v) is 9.37. The highest BCUT2D eigenvalue weighted by Gasteiger charge is 2.62. The Labute approximate surface area is 137 Å². The Bertz CT molecular complexity index is 595. The lowest BCUT2D eigenvalue weighted by Crippen LogP contribution is -2.59. The van der Waals surface area contributed by atoms with Crippen molar-refractivity contribution in [1.29, 1.82) is 5.26 Å². The summed E-state index contributed by atoms with van der Waals surface area (Å²) in [5.74, 6) is 1.95. The summed E-state index contributed by atoms with van der Waals surface area (Å²) >= 11 is 0. The normalized spacial score (nSPS) is 53.8. The van der Waals surface area contributed by atoms with Crippen molar-refractivity contribution in [2.75, 3.05) is 0 Å². The van der Waals surface area contributed by atoms with Crippen LogP contribution in [0.15, 0.2) is 0 Å². The third-order valence-electron chi connectivity index (χ3n) is 7.87. The third kappa shape index (κ3) is 1.89. The minimum absolute atomic E-state index is 0.0110. The van der Waals surface area contributed by atoms with E-state index in [1.807, 2.05) is 4.90 Å². The first kappa shape index (κ1) is 14.3. The van der Waals surface area contributed by atoms with Crippen LogP contribution in [0.4, 0.5) is 0 Å². The summed E-state index contributed by atoms with van der Waals surface area (Å²) in [6.07, 6.45) is 8.14. The van der Waals surface area contributed by atoms with Gasteiger partial charge in [0, 0.05) is 12.0 Å². The molecule has 1 N–H and O–H groups in total. The van der Waals surface area contributed by atoms with Gasteiger partial charge in [-0.3, -0.25) is 4.79 Å². The standard InChI is InChI=1S/C19H26N2O2/c1-11(17(22)21-15(9-20)3-14-4-16(14)21)18-5-12-2-13(6-18)8-19(23,7-12)10-18/h11-16,23H,2-8,10H2,1H3/t11?,12-,13?,14?,15?,16?,18?,19?/m1/s1. The van der Waals surface area contributed by atoms with E-state index < -0.39 is 5.60 Å². The summed E-state index contributed by atoms with van der Waals surface area (Å²) in [7, 11) is 0. The second-order valence-corrected chi connectivity index (χ2v) is 9.46. The van der Waals surface area contributed by atoms with Crippen molar-refractivity contribution in [3.63, 3.8) is 0 Å². The van der Waals surface area contributed by atoms with E-state index in [-0.39, 0.29) is 23.3 Å². The summed E-state index contributed by atoms with van der Waals surface area (Å²) in [4.78, 5) is 15.2. The molecule has 0 aromatic heterocycles. The topological polar surface area (TPSA) is 64.3 Å². The molecule has 1 heterocycles. The summed E-state index contributed by atoms with van der Waals surface area (Å²) < 4.78 is 0. The fourth-order valence-electron chi connectivity index (χ4n) is 7.17. The van der Waals surface area contributed by atoms with Crippen LogP contribution in [0, 0.1) is 40.4 Å². The van der Waals surface area contributed by atoms with Crippen LogP contribution in [0.5, 0.6) is 0 Å². The maximum absolute atomic E-state index is 13.3. The molecule has 1 saturated heterocycles. The van der Waals surface area contributed by atoms with E-state index in [2.05, 4.69) is 13.0 Å². The van der Waals surface area contributed by atoms with E-state index in [4.69, 9.17) is 0 Å². The highest BCUT2D eigenvalue weighted by Crippen LogP contribution is 2.64. The monoisotopic (exact) mass is 314 g/mol. The molecule has 6 rings (SSSR count). The van der Waals surface area contributed by atoms with Gasteiger partial charge in [0.05, 0.1) is 11.7 Å². The summed E-state index contributed by atoms with van der Waals surface area (Å²) in [5, 5.41) is 20.3. The zero-order valence-electron chi connectivity index (χ0n) is 13.9. The van der Waals surface area contributed by atoms with Gasteiger partial charge >= 0.3 is 0 Å². The van der Waals surface area contributed by atoms with Gasteiger partial charge in [-0.1, -0.05) is 6.92 Å². The highest BCUT2D eigenvalue weighted by atomic mass is 16.3. The van der Waals surface area contributed by atoms with Gasteiger partial charge in [0.1, 0.15) is 6.04 Å². The predicted molar refractivity (Wildman–Crippen MR) is 84.0 cm³/mol. The molecule has 6 aliphatic rings. The van der Waals surface area contributed by atoms with E-state index in [1.54, 1.807) is 0 Å². The van der Waals surface area contributed by atoms with Crippen LogP contribution in [0.3, 0.4) is 0 Å². The molecule has 4 nitrogen and oxygen atoms in total. The van der Waals surface area contributed by atoms with E-state index >= 15 is 0 Å². The molecule has 5 aliphatic carbocycles. The number of carbonyl (C=O) groups is 1. The molecule has 1 amide bonds. The lowest BCUT2D eigenvalue weighted by molar-refractivity contribution is -0.186. The number of hydrogen-bond acceptors (Lipinski definition) is 3. The average Bonchev–Trinajstić information content (AvgIpc) is 3.14. The third-order valence-corrected chi connectivity index (χ3v) is 7.87. The predicted octanol–water partition coefficient (Wildman–Crippen LogP) is 2.47. The Hall–Kier alpha value is -1.08. The minimum atomic E-state index is -0.514. The van der Waals surface area contributed by atoms with Crippen LogP contribution in [0.1, 0.15) is 58.3 Å².